The molecule has 0 heterocycles. The molecule has 0 saturated carbocycles. The van der Waals surface area contributed by atoms with Gasteiger partial charge in [0, 0.05) is 0 Å². The predicted octanol–water partition coefficient (Wildman–Crippen LogP) is 2.65. The Kier molecular flexibility index (Phi) is 3.16. The van der Waals surface area contributed by atoms with Gasteiger partial charge in [-0.2, -0.15) is 0 Å². The van der Waals surface area contributed by atoms with Crippen LogP contribution in [0.15, 0.2) is 0 Å². The van der Waals surface area contributed by atoms with E-state index < -0.39 is 8.07 Å². The summed E-state index contributed by atoms with van der Waals surface area (Å²) in [5, 5.41) is 0. The van der Waals surface area contributed by atoms with Crippen LogP contribution in [0.1, 0.15) is 6.92 Å². The summed E-state index contributed by atoms with van der Waals surface area (Å²) in [5.41, 5.74) is 0. The van der Waals surface area contributed by atoms with E-state index in [0.29, 0.717) is 0 Å². The second kappa shape index (κ2) is 2.87. The first-order valence-corrected chi connectivity index (χ1v) is 7.22. The highest BCUT2D eigenvalue weighted by atomic mass is 79.9. The first-order chi connectivity index (χ1) is 3.12. The quantitative estimate of drug-likeness (QED) is 0.453. The van der Waals surface area contributed by atoms with E-state index in [9.17, 15) is 0 Å². The molecule has 0 amide bonds. The van der Waals surface area contributed by atoms with Gasteiger partial charge in [-0.05, 0) is 4.95 Å². The molecular weight excluding hydrogens is 168 g/mol. The van der Waals surface area contributed by atoms with E-state index in [1.807, 2.05) is 0 Å². The summed E-state index contributed by atoms with van der Waals surface area (Å²) in [5.74, 6) is 0. The van der Waals surface area contributed by atoms with Crippen molar-refractivity contribution >= 4 is 24.0 Å². The molecular formula is C5H13BrSi. The van der Waals surface area contributed by atoms with Gasteiger partial charge in [-0.1, -0.05) is 42.0 Å². The maximum Gasteiger partial charge on any atom is 0.0584 e. The summed E-state index contributed by atoms with van der Waals surface area (Å²) < 4.78 is 0. The van der Waals surface area contributed by atoms with E-state index in [0.717, 1.165) is 0 Å². The van der Waals surface area contributed by atoms with Crippen LogP contribution < -0.4 is 0 Å². The van der Waals surface area contributed by atoms with Crippen molar-refractivity contribution in [3.8, 4) is 0 Å². The Morgan fingerprint density at radius 3 is 1.86 bits per heavy atom. The topological polar surface area (TPSA) is 0 Å². The monoisotopic (exact) mass is 180 g/mol. The summed E-state index contributed by atoms with van der Waals surface area (Å²) in [7, 11) is -0.735. The summed E-state index contributed by atoms with van der Waals surface area (Å²) in [6.07, 6.45) is 0. The molecule has 0 atom stereocenters. The molecule has 7 heavy (non-hydrogen) atoms. The number of hydrogen-bond acceptors (Lipinski definition) is 0. The Morgan fingerprint density at radius 2 is 1.86 bits per heavy atom. The van der Waals surface area contributed by atoms with Crippen molar-refractivity contribution < 1.29 is 0 Å². The highest BCUT2D eigenvalue weighted by Gasteiger charge is 2.14. The third-order valence-electron chi connectivity index (χ3n) is 1.32. The molecule has 0 spiro atoms. The molecule has 0 aromatic rings. The fraction of sp³-hybridized carbons (Fsp3) is 1.00. The van der Waals surface area contributed by atoms with Gasteiger partial charge >= 0.3 is 0 Å². The van der Waals surface area contributed by atoms with Crippen molar-refractivity contribution in [3.05, 3.63) is 0 Å². The molecule has 0 aliphatic rings. The zero-order chi connectivity index (χ0) is 5.91. The van der Waals surface area contributed by atoms with Gasteiger partial charge in [-0.3, -0.25) is 0 Å². The van der Waals surface area contributed by atoms with Crippen LogP contribution in [0.2, 0.25) is 19.1 Å². The smallest absolute Gasteiger partial charge is 0.0584 e. The predicted molar refractivity (Wildman–Crippen MR) is 41.8 cm³/mol. The fourth-order valence-corrected chi connectivity index (χ4v) is 1.47. The lowest BCUT2D eigenvalue weighted by molar-refractivity contribution is 1.35. The normalized spacial score (nSPS) is 12.0. The van der Waals surface area contributed by atoms with Crippen LogP contribution in [0.25, 0.3) is 0 Å². The minimum atomic E-state index is -0.735. The van der Waals surface area contributed by atoms with Crippen molar-refractivity contribution in [2.45, 2.75) is 26.1 Å². The van der Waals surface area contributed by atoms with Crippen molar-refractivity contribution in [1.29, 1.82) is 0 Å². The van der Waals surface area contributed by atoms with E-state index in [1.54, 1.807) is 0 Å². The van der Waals surface area contributed by atoms with Crippen LogP contribution >= 0.6 is 15.9 Å². The zero-order valence-corrected chi connectivity index (χ0v) is 7.88. The lowest BCUT2D eigenvalue weighted by atomic mass is 11.0. The number of rotatable bonds is 2. The molecule has 2 heteroatoms. The second-order valence-corrected chi connectivity index (χ2v) is 9.64. The van der Waals surface area contributed by atoms with E-state index in [2.05, 4.69) is 35.9 Å². The molecule has 0 radical (unpaired) electrons. The van der Waals surface area contributed by atoms with E-state index >= 15 is 0 Å². The molecule has 0 fully saturated rings. The van der Waals surface area contributed by atoms with Crippen LogP contribution in [-0.4, -0.2) is 13.0 Å². The maximum absolute atomic E-state index is 3.49. The van der Waals surface area contributed by atoms with Gasteiger partial charge < -0.3 is 0 Å². The van der Waals surface area contributed by atoms with Crippen molar-refractivity contribution in [2.24, 2.45) is 0 Å². The molecule has 0 aliphatic heterocycles. The molecule has 0 rings (SSSR count). The van der Waals surface area contributed by atoms with Crippen LogP contribution in [0.5, 0.6) is 0 Å². The summed E-state index contributed by atoms with van der Waals surface area (Å²) in [4.78, 5) is 1.25. The first-order valence-electron chi connectivity index (χ1n) is 2.68. The summed E-state index contributed by atoms with van der Waals surface area (Å²) in [6, 6.07) is 1.39. The van der Waals surface area contributed by atoms with Crippen molar-refractivity contribution in [2.75, 3.05) is 4.95 Å². The van der Waals surface area contributed by atoms with E-state index in [-0.39, 0.29) is 0 Å². The highest BCUT2D eigenvalue weighted by molar-refractivity contribution is 9.09. The largest absolute Gasteiger partial charge is 0.0962 e. The standard InChI is InChI=1S/C5H13BrSi/c1-4-7(2,3)5-6/h4-5H2,1-3H3. The molecule has 44 valence electrons. The Balaban J connectivity index is 3.36. The minimum absolute atomic E-state index is 0.735. The van der Waals surface area contributed by atoms with Crippen LogP contribution in [-0.2, 0) is 0 Å². The lowest BCUT2D eigenvalue weighted by Gasteiger charge is -2.14. The molecule has 0 bridgehead atoms. The average Bonchev–Trinajstić information content (AvgIpc) is 1.68. The van der Waals surface area contributed by atoms with Crippen molar-refractivity contribution in [3.63, 3.8) is 0 Å². The van der Waals surface area contributed by atoms with Crippen LogP contribution in [0.3, 0.4) is 0 Å². The van der Waals surface area contributed by atoms with Gasteiger partial charge in [0.2, 0.25) is 0 Å². The lowest BCUT2D eigenvalue weighted by Crippen LogP contribution is -2.25. The number of hydrogen-bond donors (Lipinski definition) is 0. The summed E-state index contributed by atoms with van der Waals surface area (Å²) in [6.45, 7) is 7.05. The third-order valence-corrected chi connectivity index (χ3v) is 8.51. The van der Waals surface area contributed by atoms with Gasteiger partial charge in [-0.25, -0.2) is 0 Å². The molecule has 0 nitrogen and oxygen atoms in total. The fourth-order valence-electron chi connectivity index (χ4n) is 0.0945. The van der Waals surface area contributed by atoms with E-state index in [1.165, 1.54) is 11.0 Å². The highest BCUT2D eigenvalue weighted by Crippen LogP contribution is 2.09. The second-order valence-electron chi connectivity index (χ2n) is 2.65. The molecule has 0 aliphatic carbocycles. The molecule has 0 aromatic heterocycles. The maximum atomic E-state index is 3.49. The Morgan fingerprint density at radius 1 is 1.43 bits per heavy atom. The van der Waals surface area contributed by atoms with Gasteiger partial charge in [0.25, 0.3) is 0 Å². The number of halogens is 1. The van der Waals surface area contributed by atoms with Gasteiger partial charge in [0.1, 0.15) is 0 Å². The zero-order valence-electron chi connectivity index (χ0n) is 5.29. The third kappa shape index (κ3) is 3.29. The molecule has 0 saturated heterocycles. The Labute approximate surface area is 55.4 Å². The van der Waals surface area contributed by atoms with Gasteiger partial charge in [0.05, 0.1) is 8.07 Å². The Hall–Kier alpha value is 0.697. The van der Waals surface area contributed by atoms with Crippen molar-refractivity contribution in [1.82, 2.24) is 0 Å². The molecule has 0 aromatic carbocycles. The Bertz CT molecular complexity index is 46.0. The molecule has 0 unspecified atom stereocenters. The number of alkyl halides is 1. The molecule has 0 N–H and O–H groups in total. The first kappa shape index (κ1) is 7.70. The van der Waals surface area contributed by atoms with E-state index in [4.69, 9.17) is 0 Å². The minimum Gasteiger partial charge on any atom is -0.0962 e. The van der Waals surface area contributed by atoms with Gasteiger partial charge in [0.15, 0.2) is 0 Å². The summed E-state index contributed by atoms with van der Waals surface area (Å²) >= 11 is 3.49. The average molecular weight is 181 g/mol. The SMILES string of the molecule is CC[Si](C)(C)CBr. The van der Waals surface area contributed by atoms with Gasteiger partial charge in [-0.15, -0.1) is 0 Å². The van der Waals surface area contributed by atoms with Crippen LogP contribution in [0, 0.1) is 0 Å². The van der Waals surface area contributed by atoms with Crippen LogP contribution in [0.4, 0.5) is 0 Å².